The van der Waals surface area contributed by atoms with E-state index in [1.807, 2.05) is 11.8 Å². The van der Waals surface area contributed by atoms with Crippen molar-refractivity contribution in [1.82, 2.24) is 10.2 Å². The minimum Gasteiger partial charge on any atom is -0.480 e. The average Bonchev–Trinajstić information content (AvgIpc) is 3.09. The van der Waals surface area contributed by atoms with Crippen LogP contribution >= 0.6 is 11.3 Å². The molecule has 3 rings (SSSR count). The molecule has 6 heteroatoms. The third-order valence-electron chi connectivity index (χ3n) is 4.63. The van der Waals surface area contributed by atoms with Gasteiger partial charge in [-0.1, -0.05) is 0 Å². The van der Waals surface area contributed by atoms with Crippen LogP contribution in [-0.2, 0) is 17.6 Å². The number of aryl methyl sites for hydroxylation is 2. The fourth-order valence-corrected chi connectivity index (χ4v) is 4.54. The number of nitrogens with one attached hydrogen (secondary N) is 1. The highest BCUT2D eigenvalue weighted by atomic mass is 32.1. The average molecular weight is 322 g/mol. The van der Waals surface area contributed by atoms with Gasteiger partial charge in [-0.3, -0.25) is 14.9 Å². The minimum atomic E-state index is -0.864. The molecule has 1 saturated heterocycles. The molecule has 1 aromatic rings. The number of nitrogens with zero attached hydrogens (tertiary/aromatic N) is 1. The molecule has 2 heterocycles. The van der Waals surface area contributed by atoms with Gasteiger partial charge >= 0.3 is 5.97 Å². The van der Waals surface area contributed by atoms with Crippen LogP contribution in [0.15, 0.2) is 6.07 Å². The maximum atomic E-state index is 12.7. The highest BCUT2D eigenvalue weighted by Gasteiger charge is 2.36. The van der Waals surface area contributed by atoms with E-state index in [9.17, 15) is 9.59 Å². The van der Waals surface area contributed by atoms with Crippen LogP contribution < -0.4 is 5.32 Å². The number of likely N-dealkylation sites (tertiary alicyclic amines) is 1. The van der Waals surface area contributed by atoms with E-state index in [4.69, 9.17) is 5.11 Å². The van der Waals surface area contributed by atoms with Crippen LogP contribution in [-0.4, -0.2) is 47.1 Å². The van der Waals surface area contributed by atoms with E-state index in [-0.39, 0.29) is 18.0 Å². The largest absolute Gasteiger partial charge is 0.480 e. The second kappa shape index (κ2) is 6.01. The van der Waals surface area contributed by atoms with E-state index >= 15 is 0 Å². The van der Waals surface area contributed by atoms with Crippen LogP contribution in [0.2, 0.25) is 0 Å². The van der Waals surface area contributed by atoms with Crippen molar-refractivity contribution >= 4 is 23.2 Å². The Balaban J connectivity index is 1.66. The zero-order chi connectivity index (χ0) is 15.7. The maximum absolute atomic E-state index is 12.7. The zero-order valence-corrected chi connectivity index (χ0v) is 13.7. The monoisotopic (exact) mass is 322 g/mol. The molecule has 0 radical (unpaired) electrons. The van der Waals surface area contributed by atoms with Crippen molar-refractivity contribution in [3.8, 4) is 0 Å². The summed E-state index contributed by atoms with van der Waals surface area (Å²) in [4.78, 5) is 27.5. The number of carbonyl (C=O) groups is 2. The molecule has 1 fully saturated rings. The molecule has 0 spiro atoms. The number of carboxylic acid groups (broad SMARTS) is 1. The molecule has 120 valence electrons. The number of amides is 1. The van der Waals surface area contributed by atoms with Gasteiger partial charge in [0.05, 0.1) is 11.4 Å². The Bertz CT molecular complexity index is 575. The first-order valence-electron chi connectivity index (χ1n) is 7.84. The number of rotatable bonds is 4. The highest BCUT2D eigenvalue weighted by Crippen LogP contribution is 2.31. The van der Waals surface area contributed by atoms with E-state index in [1.165, 1.54) is 23.3 Å². The first kappa shape index (κ1) is 15.5. The SMILES string of the molecule is CC1(NCC(=O)O)CCN(C(=O)c2cc3c(s2)CCCC3)C1. The highest BCUT2D eigenvalue weighted by molar-refractivity contribution is 7.14. The lowest BCUT2D eigenvalue weighted by molar-refractivity contribution is -0.136. The summed E-state index contributed by atoms with van der Waals surface area (Å²) in [6, 6.07) is 2.07. The molecular weight excluding hydrogens is 300 g/mol. The summed E-state index contributed by atoms with van der Waals surface area (Å²) < 4.78 is 0. The number of thiophene rings is 1. The molecule has 0 aromatic carbocycles. The van der Waals surface area contributed by atoms with Crippen molar-refractivity contribution in [1.29, 1.82) is 0 Å². The van der Waals surface area contributed by atoms with Crippen LogP contribution in [0.1, 0.15) is 46.3 Å². The lowest BCUT2D eigenvalue weighted by atomic mass is 9.99. The van der Waals surface area contributed by atoms with Gasteiger partial charge in [-0.25, -0.2) is 0 Å². The van der Waals surface area contributed by atoms with Crippen LogP contribution in [0.5, 0.6) is 0 Å². The van der Waals surface area contributed by atoms with Crippen molar-refractivity contribution in [3.63, 3.8) is 0 Å². The predicted molar refractivity (Wildman–Crippen MR) is 85.5 cm³/mol. The number of fused-ring (bicyclic) bond motifs is 1. The first-order valence-corrected chi connectivity index (χ1v) is 8.66. The standard InChI is InChI=1S/C16H22N2O3S/c1-16(17-9-14(19)20)6-7-18(10-16)15(21)13-8-11-4-2-3-5-12(11)22-13/h8,17H,2-7,9-10H2,1H3,(H,19,20). The Labute approximate surface area is 134 Å². The van der Waals surface area contributed by atoms with E-state index in [0.717, 1.165) is 24.1 Å². The fraction of sp³-hybridized carbons (Fsp3) is 0.625. The van der Waals surface area contributed by atoms with Crippen molar-refractivity contribution in [2.45, 2.75) is 44.6 Å². The third kappa shape index (κ3) is 3.17. The summed E-state index contributed by atoms with van der Waals surface area (Å²) in [5, 5.41) is 11.8. The number of carbonyl (C=O) groups excluding carboxylic acids is 1. The Hall–Kier alpha value is -1.40. The molecule has 5 nitrogen and oxygen atoms in total. The number of aliphatic carboxylic acids is 1. The predicted octanol–water partition coefficient (Wildman–Crippen LogP) is 1.91. The summed E-state index contributed by atoms with van der Waals surface area (Å²) >= 11 is 1.64. The molecular formula is C16H22N2O3S. The first-order chi connectivity index (χ1) is 10.5. The van der Waals surface area contributed by atoms with E-state index in [0.29, 0.717) is 13.1 Å². The van der Waals surface area contributed by atoms with E-state index in [1.54, 1.807) is 11.3 Å². The van der Waals surface area contributed by atoms with Crippen molar-refractivity contribution < 1.29 is 14.7 Å². The van der Waals surface area contributed by atoms with Gasteiger partial charge in [0.15, 0.2) is 0 Å². The molecule has 1 aromatic heterocycles. The van der Waals surface area contributed by atoms with Crippen LogP contribution in [0.3, 0.4) is 0 Å². The van der Waals surface area contributed by atoms with Gasteiger partial charge in [-0.2, -0.15) is 0 Å². The molecule has 1 aliphatic heterocycles. The Morgan fingerprint density at radius 3 is 2.91 bits per heavy atom. The summed E-state index contributed by atoms with van der Waals surface area (Å²) in [6.07, 6.45) is 5.43. The van der Waals surface area contributed by atoms with Gasteiger partial charge in [-0.15, -0.1) is 11.3 Å². The number of hydrogen-bond acceptors (Lipinski definition) is 4. The van der Waals surface area contributed by atoms with Gasteiger partial charge < -0.3 is 10.0 Å². The van der Waals surface area contributed by atoms with Gasteiger partial charge in [0.2, 0.25) is 0 Å². The zero-order valence-electron chi connectivity index (χ0n) is 12.9. The summed E-state index contributed by atoms with van der Waals surface area (Å²) in [7, 11) is 0. The van der Waals surface area contributed by atoms with Crippen LogP contribution in [0.4, 0.5) is 0 Å². The molecule has 1 aliphatic carbocycles. The number of carboxylic acids is 1. The van der Waals surface area contributed by atoms with Crippen molar-refractivity contribution in [2.24, 2.45) is 0 Å². The van der Waals surface area contributed by atoms with E-state index < -0.39 is 5.97 Å². The van der Waals surface area contributed by atoms with Gasteiger partial charge in [0.25, 0.3) is 5.91 Å². The second-order valence-corrected chi connectivity index (χ2v) is 7.69. The van der Waals surface area contributed by atoms with Gasteiger partial charge in [0, 0.05) is 23.5 Å². The van der Waals surface area contributed by atoms with Gasteiger partial charge in [-0.05, 0) is 50.7 Å². The molecule has 0 bridgehead atoms. The quantitative estimate of drug-likeness (QED) is 0.888. The second-order valence-electron chi connectivity index (χ2n) is 6.55. The molecule has 2 aliphatic rings. The lowest BCUT2D eigenvalue weighted by Gasteiger charge is -2.25. The van der Waals surface area contributed by atoms with Gasteiger partial charge in [0.1, 0.15) is 0 Å². The topological polar surface area (TPSA) is 69.6 Å². The molecule has 1 amide bonds. The smallest absolute Gasteiger partial charge is 0.317 e. The van der Waals surface area contributed by atoms with E-state index in [2.05, 4.69) is 11.4 Å². The Kier molecular flexibility index (Phi) is 4.23. The Morgan fingerprint density at radius 2 is 2.18 bits per heavy atom. The van der Waals surface area contributed by atoms with Crippen LogP contribution in [0.25, 0.3) is 0 Å². The Morgan fingerprint density at radius 1 is 1.41 bits per heavy atom. The molecule has 0 saturated carbocycles. The molecule has 22 heavy (non-hydrogen) atoms. The molecule has 1 atom stereocenters. The maximum Gasteiger partial charge on any atom is 0.317 e. The molecule has 1 unspecified atom stereocenters. The van der Waals surface area contributed by atoms with Crippen molar-refractivity contribution in [2.75, 3.05) is 19.6 Å². The minimum absolute atomic E-state index is 0.0637. The number of hydrogen-bond donors (Lipinski definition) is 2. The normalized spacial score (nSPS) is 24.3. The summed E-state index contributed by atoms with van der Waals surface area (Å²) in [6.45, 7) is 3.18. The lowest BCUT2D eigenvalue weighted by Crippen LogP contribution is -2.47. The summed E-state index contributed by atoms with van der Waals surface area (Å²) in [5.41, 5.74) is 1.05. The fourth-order valence-electron chi connectivity index (χ4n) is 3.32. The van der Waals surface area contributed by atoms with Crippen molar-refractivity contribution in [3.05, 3.63) is 21.4 Å². The third-order valence-corrected chi connectivity index (χ3v) is 5.86. The van der Waals surface area contributed by atoms with Crippen LogP contribution in [0, 0.1) is 0 Å². The molecule has 2 N–H and O–H groups in total. The summed E-state index contributed by atoms with van der Waals surface area (Å²) in [5.74, 6) is -0.766.